The van der Waals surface area contributed by atoms with Gasteiger partial charge in [0.2, 0.25) is 5.95 Å². The van der Waals surface area contributed by atoms with Crippen LogP contribution < -0.4 is 16.6 Å². The summed E-state index contributed by atoms with van der Waals surface area (Å²) in [6.45, 7) is 3.39. The lowest BCUT2D eigenvalue weighted by Gasteiger charge is -2.35. The van der Waals surface area contributed by atoms with Crippen molar-refractivity contribution in [3.8, 4) is 11.3 Å². The van der Waals surface area contributed by atoms with Crippen molar-refractivity contribution in [3.05, 3.63) is 70.9 Å². The number of pyridine rings is 2. The first-order valence-corrected chi connectivity index (χ1v) is 12.7. The topological polar surface area (TPSA) is 105 Å². The molecule has 0 amide bonds. The number of likely N-dealkylation sites (tertiary alicyclic amines) is 1. The largest absolute Gasteiger partial charge is 0.368 e. The van der Waals surface area contributed by atoms with E-state index >= 15 is 0 Å². The van der Waals surface area contributed by atoms with Gasteiger partial charge in [0.15, 0.2) is 0 Å². The van der Waals surface area contributed by atoms with Crippen LogP contribution in [0.3, 0.4) is 0 Å². The molecule has 1 aromatic carbocycles. The summed E-state index contributed by atoms with van der Waals surface area (Å²) >= 11 is 0. The Morgan fingerprint density at radius 2 is 1.78 bits per heavy atom. The van der Waals surface area contributed by atoms with E-state index in [9.17, 15) is 4.79 Å². The van der Waals surface area contributed by atoms with Gasteiger partial charge in [-0.2, -0.15) is 0 Å². The molecule has 0 saturated carbocycles. The molecule has 4 aromatic rings. The van der Waals surface area contributed by atoms with Gasteiger partial charge in [-0.05, 0) is 81.7 Å². The molecule has 3 N–H and O–H groups in total. The average molecular weight is 499 g/mol. The molecule has 0 aliphatic carbocycles. The molecule has 5 rings (SSSR count). The van der Waals surface area contributed by atoms with Crippen molar-refractivity contribution in [1.82, 2.24) is 29.3 Å². The number of anilines is 3. The van der Waals surface area contributed by atoms with E-state index in [-0.39, 0.29) is 11.5 Å². The molecular weight excluding hydrogens is 464 g/mol. The van der Waals surface area contributed by atoms with Gasteiger partial charge in [0.05, 0.1) is 11.1 Å². The Kier molecular flexibility index (Phi) is 7.16. The van der Waals surface area contributed by atoms with E-state index in [0.717, 1.165) is 42.7 Å². The van der Waals surface area contributed by atoms with Gasteiger partial charge in [0.25, 0.3) is 5.56 Å². The normalized spacial score (nSPS) is 14.9. The predicted molar refractivity (Wildman–Crippen MR) is 149 cm³/mol. The van der Waals surface area contributed by atoms with Gasteiger partial charge in [-0.25, -0.2) is 15.0 Å². The van der Waals surface area contributed by atoms with Crippen LogP contribution in [0.5, 0.6) is 0 Å². The standard InChI is InChI=1S/C28H34N8O/c1-34(2)23-10-14-36(15-11-23)13-8-19-4-6-22(7-5-19)32-26-25-20(9-12-35(3)27(25)37)16-24(33-26)21-17-30-28(29)31-18-21/h4-7,9,12,16-18,23H,8,10-11,13-15H2,1-3H3,(H,32,33)(H2,29,30,31). The van der Waals surface area contributed by atoms with Crippen molar-refractivity contribution in [2.75, 3.05) is 44.8 Å². The first-order chi connectivity index (χ1) is 17.9. The fourth-order valence-corrected chi connectivity index (χ4v) is 4.90. The summed E-state index contributed by atoms with van der Waals surface area (Å²) in [5, 5.41) is 4.71. The van der Waals surface area contributed by atoms with Gasteiger partial charge in [-0.15, -0.1) is 0 Å². The maximum atomic E-state index is 13.0. The van der Waals surface area contributed by atoms with Crippen LogP contribution in [0, 0.1) is 0 Å². The Labute approximate surface area is 217 Å². The molecule has 0 atom stereocenters. The first kappa shape index (κ1) is 24.9. The van der Waals surface area contributed by atoms with Gasteiger partial charge in [-0.3, -0.25) is 4.79 Å². The molecule has 0 spiro atoms. The third kappa shape index (κ3) is 5.63. The van der Waals surface area contributed by atoms with E-state index in [0.29, 0.717) is 22.9 Å². The lowest BCUT2D eigenvalue weighted by atomic mass is 10.0. The zero-order valence-corrected chi connectivity index (χ0v) is 21.7. The highest BCUT2D eigenvalue weighted by molar-refractivity contribution is 5.95. The second-order valence-electron chi connectivity index (χ2n) is 9.99. The van der Waals surface area contributed by atoms with Crippen LogP contribution in [0.4, 0.5) is 17.5 Å². The van der Waals surface area contributed by atoms with E-state index in [1.807, 2.05) is 24.3 Å². The number of hydrogen-bond acceptors (Lipinski definition) is 8. The smallest absolute Gasteiger partial charge is 0.261 e. The Balaban J connectivity index is 1.34. The summed E-state index contributed by atoms with van der Waals surface area (Å²) < 4.78 is 1.56. The van der Waals surface area contributed by atoms with Crippen molar-refractivity contribution >= 4 is 28.2 Å². The molecule has 0 unspecified atom stereocenters. The number of piperidine rings is 1. The molecule has 9 heteroatoms. The number of fused-ring (bicyclic) bond motifs is 1. The summed E-state index contributed by atoms with van der Waals surface area (Å²) in [4.78, 5) is 30.9. The van der Waals surface area contributed by atoms with E-state index in [2.05, 4.69) is 51.3 Å². The number of nitrogens with zero attached hydrogens (tertiary/aromatic N) is 6. The number of rotatable bonds is 7. The second kappa shape index (κ2) is 10.7. The minimum atomic E-state index is -0.109. The average Bonchev–Trinajstić information content (AvgIpc) is 2.91. The van der Waals surface area contributed by atoms with Crippen LogP contribution in [0.15, 0.2) is 59.8 Å². The number of aryl methyl sites for hydroxylation is 1. The summed E-state index contributed by atoms with van der Waals surface area (Å²) in [5.41, 5.74) is 9.10. The molecule has 4 heterocycles. The minimum Gasteiger partial charge on any atom is -0.368 e. The minimum absolute atomic E-state index is 0.109. The lowest BCUT2D eigenvalue weighted by molar-refractivity contribution is 0.146. The van der Waals surface area contributed by atoms with Crippen LogP contribution in [-0.2, 0) is 13.5 Å². The lowest BCUT2D eigenvalue weighted by Crippen LogP contribution is -2.42. The van der Waals surface area contributed by atoms with E-state index in [1.165, 1.54) is 18.4 Å². The van der Waals surface area contributed by atoms with Crippen LogP contribution >= 0.6 is 0 Å². The maximum Gasteiger partial charge on any atom is 0.261 e. The van der Waals surface area contributed by atoms with Crippen molar-refractivity contribution in [2.45, 2.75) is 25.3 Å². The van der Waals surface area contributed by atoms with Gasteiger partial charge in [-0.1, -0.05) is 12.1 Å². The highest BCUT2D eigenvalue weighted by Crippen LogP contribution is 2.28. The molecule has 9 nitrogen and oxygen atoms in total. The van der Waals surface area contributed by atoms with Crippen LogP contribution in [0.25, 0.3) is 22.0 Å². The molecule has 1 aliphatic heterocycles. The third-order valence-corrected chi connectivity index (χ3v) is 7.25. The second-order valence-corrected chi connectivity index (χ2v) is 9.99. The first-order valence-electron chi connectivity index (χ1n) is 12.7. The zero-order valence-electron chi connectivity index (χ0n) is 21.7. The SMILES string of the molecule is CN(C)C1CCN(CCc2ccc(Nc3nc(-c4cnc(N)nc4)cc4ccn(C)c(=O)c34)cc2)CC1. The van der Waals surface area contributed by atoms with E-state index in [1.54, 1.807) is 30.2 Å². The number of hydrogen-bond donors (Lipinski definition) is 2. The summed E-state index contributed by atoms with van der Waals surface area (Å²) in [6.07, 6.45) is 8.52. The van der Waals surface area contributed by atoms with Gasteiger partial charge >= 0.3 is 0 Å². The molecule has 1 saturated heterocycles. The van der Waals surface area contributed by atoms with E-state index < -0.39 is 0 Å². The molecule has 1 aliphatic rings. The number of nitrogen functional groups attached to an aromatic ring is 1. The molecule has 37 heavy (non-hydrogen) atoms. The highest BCUT2D eigenvalue weighted by Gasteiger charge is 2.20. The molecular formula is C28H34N8O. The van der Waals surface area contributed by atoms with E-state index in [4.69, 9.17) is 10.7 Å². The molecule has 0 radical (unpaired) electrons. The molecule has 192 valence electrons. The van der Waals surface area contributed by atoms with Gasteiger partial charge in [0, 0.05) is 49.5 Å². The highest BCUT2D eigenvalue weighted by atomic mass is 16.1. The monoisotopic (exact) mass is 498 g/mol. The van der Waals surface area contributed by atoms with Crippen molar-refractivity contribution in [1.29, 1.82) is 0 Å². The van der Waals surface area contributed by atoms with Crippen LogP contribution in [0.2, 0.25) is 0 Å². The van der Waals surface area contributed by atoms with Crippen LogP contribution in [-0.4, -0.2) is 69.1 Å². The quantitative estimate of drug-likeness (QED) is 0.400. The van der Waals surface area contributed by atoms with Crippen LogP contribution in [0.1, 0.15) is 18.4 Å². The number of benzene rings is 1. The predicted octanol–water partition coefficient (Wildman–Crippen LogP) is 3.28. The molecule has 1 fully saturated rings. The zero-order chi connectivity index (χ0) is 25.9. The summed E-state index contributed by atoms with van der Waals surface area (Å²) in [6, 6.07) is 12.9. The fourth-order valence-electron chi connectivity index (χ4n) is 4.90. The molecule has 0 bridgehead atoms. The maximum absolute atomic E-state index is 13.0. The Hall–Kier alpha value is -3.82. The summed E-state index contributed by atoms with van der Waals surface area (Å²) in [7, 11) is 6.09. The third-order valence-electron chi connectivity index (χ3n) is 7.25. The number of aromatic nitrogens is 4. The Morgan fingerprint density at radius 1 is 1.08 bits per heavy atom. The van der Waals surface area contributed by atoms with Crippen molar-refractivity contribution in [2.24, 2.45) is 7.05 Å². The fraction of sp³-hybridized carbons (Fsp3) is 0.357. The number of nitrogens with two attached hydrogens (primary N) is 1. The Bertz CT molecular complexity index is 1420. The van der Waals surface area contributed by atoms with Gasteiger partial charge in [0.1, 0.15) is 5.82 Å². The molecule has 3 aromatic heterocycles. The number of nitrogens with one attached hydrogen (secondary N) is 1. The Morgan fingerprint density at radius 3 is 2.46 bits per heavy atom. The van der Waals surface area contributed by atoms with Gasteiger partial charge < -0.3 is 25.4 Å². The van der Waals surface area contributed by atoms with Crippen molar-refractivity contribution in [3.63, 3.8) is 0 Å². The van der Waals surface area contributed by atoms with Crippen molar-refractivity contribution < 1.29 is 0 Å². The summed E-state index contributed by atoms with van der Waals surface area (Å²) in [5.74, 6) is 0.705.